The minimum atomic E-state index is 0.200. The number of nitrogens with one attached hydrogen (secondary N) is 1. The summed E-state index contributed by atoms with van der Waals surface area (Å²) in [7, 11) is 3.88. The summed E-state index contributed by atoms with van der Waals surface area (Å²) in [5.74, 6) is 0. The van der Waals surface area contributed by atoms with Crippen LogP contribution in [0.15, 0.2) is 0 Å². The van der Waals surface area contributed by atoms with Crippen molar-refractivity contribution in [1.82, 2.24) is 5.32 Å². The lowest BCUT2D eigenvalue weighted by Gasteiger charge is -2.36. The number of hydrogen-bond acceptors (Lipinski definition) is 2. The molecule has 104 valence electrons. The number of unbranched alkanes of at least 4 members (excludes halogenated alkanes) is 4. The summed E-state index contributed by atoms with van der Waals surface area (Å²) in [6.45, 7) is 9.02. The Labute approximate surface area is 109 Å². The number of ether oxygens (including phenoxy) is 1. The van der Waals surface area contributed by atoms with Crippen LogP contribution < -0.4 is 5.32 Å². The Morgan fingerprint density at radius 2 is 1.65 bits per heavy atom. The van der Waals surface area contributed by atoms with Crippen molar-refractivity contribution < 1.29 is 4.74 Å². The van der Waals surface area contributed by atoms with Gasteiger partial charge in [-0.25, -0.2) is 0 Å². The first kappa shape index (κ1) is 16.9. The van der Waals surface area contributed by atoms with Gasteiger partial charge in [0, 0.05) is 13.2 Å². The van der Waals surface area contributed by atoms with Crippen molar-refractivity contribution in [3.8, 4) is 0 Å². The maximum Gasteiger partial charge on any atom is 0.0772 e. The van der Waals surface area contributed by atoms with Crippen molar-refractivity contribution in [2.24, 2.45) is 5.41 Å². The Kier molecular flexibility index (Phi) is 8.89. The SMILES string of the molecule is CCCCCCCC(NC)C(OC)C(C)(C)C. The van der Waals surface area contributed by atoms with Gasteiger partial charge in [-0.05, 0) is 18.9 Å². The van der Waals surface area contributed by atoms with Gasteiger partial charge in [0.25, 0.3) is 0 Å². The highest BCUT2D eigenvalue weighted by Gasteiger charge is 2.30. The van der Waals surface area contributed by atoms with Crippen LogP contribution in [0.1, 0.15) is 66.2 Å². The van der Waals surface area contributed by atoms with Gasteiger partial charge < -0.3 is 10.1 Å². The standard InChI is InChI=1S/C15H33NO/c1-7-8-9-10-11-12-13(16-5)14(17-6)15(2,3)4/h13-14,16H,7-12H2,1-6H3. The molecular formula is C15H33NO. The van der Waals surface area contributed by atoms with Gasteiger partial charge in [-0.2, -0.15) is 0 Å². The summed E-state index contributed by atoms with van der Waals surface area (Å²) in [5.41, 5.74) is 0.200. The predicted molar refractivity (Wildman–Crippen MR) is 76.5 cm³/mol. The summed E-state index contributed by atoms with van der Waals surface area (Å²) >= 11 is 0. The lowest BCUT2D eigenvalue weighted by molar-refractivity contribution is -0.0118. The van der Waals surface area contributed by atoms with E-state index in [0.717, 1.165) is 0 Å². The molecule has 0 aromatic rings. The van der Waals surface area contributed by atoms with Gasteiger partial charge >= 0.3 is 0 Å². The van der Waals surface area contributed by atoms with Gasteiger partial charge in [0.05, 0.1) is 6.10 Å². The molecule has 0 aromatic carbocycles. The molecule has 0 aliphatic carbocycles. The number of likely N-dealkylation sites (N-methyl/N-ethyl adjacent to an activating group) is 1. The van der Waals surface area contributed by atoms with Crippen molar-refractivity contribution >= 4 is 0 Å². The molecule has 0 saturated carbocycles. The first-order chi connectivity index (χ1) is 7.97. The van der Waals surface area contributed by atoms with E-state index in [9.17, 15) is 0 Å². The lowest BCUT2D eigenvalue weighted by Crippen LogP contribution is -2.46. The molecule has 0 heterocycles. The fourth-order valence-electron chi connectivity index (χ4n) is 2.54. The van der Waals surface area contributed by atoms with Gasteiger partial charge in [-0.15, -0.1) is 0 Å². The molecule has 0 saturated heterocycles. The van der Waals surface area contributed by atoms with E-state index in [2.05, 4.69) is 40.1 Å². The molecule has 17 heavy (non-hydrogen) atoms. The third-order valence-corrected chi connectivity index (χ3v) is 3.46. The summed E-state index contributed by atoms with van der Waals surface area (Å²) < 4.78 is 5.68. The Balaban J connectivity index is 4.03. The van der Waals surface area contributed by atoms with Crippen LogP contribution in [0.5, 0.6) is 0 Å². The summed E-state index contributed by atoms with van der Waals surface area (Å²) in [5, 5.41) is 3.43. The zero-order chi connectivity index (χ0) is 13.3. The molecule has 0 amide bonds. The lowest BCUT2D eigenvalue weighted by atomic mass is 9.82. The largest absolute Gasteiger partial charge is 0.379 e. The quantitative estimate of drug-likeness (QED) is 0.618. The third kappa shape index (κ3) is 7.05. The van der Waals surface area contributed by atoms with Crippen LogP contribution in [0.3, 0.4) is 0 Å². The highest BCUT2D eigenvalue weighted by Crippen LogP contribution is 2.26. The normalized spacial score (nSPS) is 15.9. The smallest absolute Gasteiger partial charge is 0.0772 e. The third-order valence-electron chi connectivity index (χ3n) is 3.46. The molecular weight excluding hydrogens is 210 g/mol. The molecule has 2 atom stereocenters. The first-order valence-electron chi connectivity index (χ1n) is 7.17. The van der Waals surface area contributed by atoms with Gasteiger partial charge in [0.2, 0.25) is 0 Å². The number of rotatable bonds is 9. The summed E-state index contributed by atoms with van der Waals surface area (Å²) in [6.07, 6.45) is 8.23. The van der Waals surface area contributed by atoms with E-state index in [-0.39, 0.29) is 5.41 Å². The molecule has 0 spiro atoms. The highest BCUT2D eigenvalue weighted by atomic mass is 16.5. The van der Waals surface area contributed by atoms with Crippen molar-refractivity contribution in [2.45, 2.75) is 78.4 Å². The van der Waals surface area contributed by atoms with E-state index in [4.69, 9.17) is 4.74 Å². The maximum absolute atomic E-state index is 5.68. The molecule has 2 heteroatoms. The zero-order valence-electron chi connectivity index (χ0n) is 12.8. The minimum absolute atomic E-state index is 0.200. The second-order valence-corrected chi connectivity index (χ2v) is 6.12. The van der Waals surface area contributed by atoms with Crippen LogP contribution in [0.4, 0.5) is 0 Å². The van der Waals surface area contributed by atoms with E-state index < -0.39 is 0 Å². The predicted octanol–water partition coefficient (Wildman–Crippen LogP) is 4.00. The summed E-state index contributed by atoms with van der Waals surface area (Å²) in [6, 6.07) is 0.474. The fourth-order valence-corrected chi connectivity index (χ4v) is 2.54. The van der Waals surface area contributed by atoms with E-state index >= 15 is 0 Å². The molecule has 0 bridgehead atoms. The first-order valence-corrected chi connectivity index (χ1v) is 7.17. The zero-order valence-corrected chi connectivity index (χ0v) is 12.8. The molecule has 0 aromatic heterocycles. The average Bonchev–Trinajstić information content (AvgIpc) is 2.25. The molecule has 0 rings (SSSR count). The van der Waals surface area contributed by atoms with Crippen LogP contribution in [0.25, 0.3) is 0 Å². The van der Waals surface area contributed by atoms with Gasteiger partial charge in [-0.1, -0.05) is 59.8 Å². The molecule has 0 fully saturated rings. The monoisotopic (exact) mass is 243 g/mol. The molecule has 2 nitrogen and oxygen atoms in total. The van der Waals surface area contributed by atoms with Crippen molar-refractivity contribution in [3.05, 3.63) is 0 Å². The molecule has 2 unspecified atom stereocenters. The van der Waals surface area contributed by atoms with Gasteiger partial charge in [-0.3, -0.25) is 0 Å². The molecule has 0 aliphatic rings. The Bertz CT molecular complexity index is 174. The topological polar surface area (TPSA) is 21.3 Å². The molecule has 0 aliphatic heterocycles. The van der Waals surface area contributed by atoms with Gasteiger partial charge in [0.1, 0.15) is 0 Å². The summed E-state index contributed by atoms with van der Waals surface area (Å²) in [4.78, 5) is 0. The van der Waals surface area contributed by atoms with Crippen molar-refractivity contribution in [1.29, 1.82) is 0 Å². The second-order valence-electron chi connectivity index (χ2n) is 6.12. The van der Waals surface area contributed by atoms with Crippen LogP contribution in [0.2, 0.25) is 0 Å². The minimum Gasteiger partial charge on any atom is -0.379 e. The highest BCUT2D eigenvalue weighted by molar-refractivity contribution is 4.85. The second kappa shape index (κ2) is 8.93. The molecule has 1 N–H and O–H groups in total. The van der Waals surface area contributed by atoms with E-state index in [1.54, 1.807) is 0 Å². The van der Waals surface area contributed by atoms with Crippen LogP contribution in [-0.4, -0.2) is 26.3 Å². The number of hydrogen-bond donors (Lipinski definition) is 1. The van der Waals surface area contributed by atoms with Crippen LogP contribution >= 0.6 is 0 Å². The van der Waals surface area contributed by atoms with Crippen LogP contribution in [0, 0.1) is 5.41 Å². The Hall–Kier alpha value is -0.0800. The van der Waals surface area contributed by atoms with Crippen molar-refractivity contribution in [3.63, 3.8) is 0 Å². The molecule has 0 radical (unpaired) electrons. The number of methoxy groups -OCH3 is 1. The van der Waals surface area contributed by atoms with E-state index in [0.29, 0.717) is 12.1 Å². The fraction of sp³-hybridized carbons (Fsp3) is 1.00. The Morgan fingerprint density at radius 3 is 2.06 bits per heavy atom. The van der Waals surface area contributed by atoms with Gasteiger partial charge in [0.15, 0.2) is 0 Å². The van der Waals surface area contributed by atoms with Crippen LogP contribution in [-0.2, 0) is 4.74 Å². The van der Waals surface area contributed by atoms with Crippen molar-refractivity contribution in [2.75, 3.05) is 14.2 Å². The van der Waals surface area contributed by atoms with E-state index in [1.807, 2.05) is 7.11 Å². The maximum atomic E-state index is 5.68. The average molecular weight is 243 g/mol. The van der Waals surface area contributed by atoms with E-state index in [1.165, 1.54) is 38.5 Å². The Morgan fingerprint density at radius 1 is 1.06 bits per heavy atom.